The number of anilines is 1. The van der Waals surface area contributed by atoms with Crippen LogP contribution in [0.1, 0.15) is 0 Å². The maximum Gasteiger partial charge on any atom is 0.206 e. The molecule has 0 unspecified atom stereocenters. The van der Waals surface area contributed by atoms with E-state index in [0.29, 0.717) is 16.1 Å². The van der Waals surface area contributed by atoms with Gasteiger partial charge in [-0.1, -0.05) is 11.6 Å². The first-order valence-electron chi connectivity index (χ1n) is 5.20. The number of fused-ring (bicyclic) bond motifs is 1. The number of halogens is 2. The monoisotopic (exact) mass is 262 g/mol. The van der Waals surface area contributed by atoms with Gasteiger partial charge in [-0.15, -0.1) is 0 Å². The molecule has 2 N–H and O–H groups in total. The standard InChI is InChI=1S/C12H8ClFN4/c13-7-1-2-8(14)11(5-7)18-10-3-4-16-6-9(10)17-12(18)15/h1-6H,(H2,15,17). The van der Waals surface area contributed by atoms with Gasteiger partial charge < -0.3 is 5.73 Å². The molecule has 0 amide bonds. The summed E-state index contributed by atoms with van der Waals surface area (Å²) in [5, 5.41) is 0.432. The highest BCUT2D eigenvalue weighted by Crippen LogP contribution is 2.26. The van der Waals surface area contributed by atoms with Gasteiger partial charge in [-0.05, 0) is 24.3 Å². The zero-order valence-corrected chi connectivity index (χ0v) is 9.89. The van der Waals surface area contributed by atoms with E-state index >= 15 is 0 Å². The minimum atomic E-state index is -0.415. The van der Waals surface area contributed by atoms with Crippen molar-refractivity contribution in [2.24, 2.45) is 0 Å². The number of rotatable bonds is 1. The number of pyridine rings is 1. The molecule has 0 spiro atoms. The Morgan fingerprint density at radius 3 is 2.94 bits per heavy atom. The van der Waals surface area contributed by atoms with Crippen LogP contribution in [0.5, 0.6) is 0 Å². The lowest BCUT2D eigenvalue weighted by Gasteiger charge is -2.08. The second-order valence-corrected chi connectivity index (χ2v) is 4.20. The Morgan fingerprint density at radius 1 is 1.28 bits per heavy atom. The van der Waals surface area contributed by atoms with Crippen LogP contribution in [-0.4, -0.2) is 14.5 Å². The highest BCUT2D eigenvalue weighted by atomic mass is 35.5. The second kappa shape index (κ2) is 3.96. The molecule has 3 rings (SSSR count). The molecule has 18 heavy (non-hydrogen) atoms. The Hall–Kier alpha value is -2.14. The lowest BCUT2D eigenvalue weighted by Crippen LogP contribution is -2.02. The van der Waals surface area contributed by atoms with Gasteiger partial charge in [-0.25, -0.2) is 9.37 Å². The summed E-state index contributed by atoms with van der Waals surface area (Å²) in [5.41, 5.74) is 7.38. The van der Waals surface area contributed by atoms with Gasteiger partial charge in [0.05, 0.1) is 17.4 Å². The van der Waals surface area contributed by atoms with Gasteiger partial charge in [-0.3, -0.25) is 9.55 Å². The SMILES string of the molecule is Nc1nc2cnccc2n1-c1cc(Cl)ccc1F. The summed E-state index contributed by atoms with van der Waals surface area (Å²) in [5.74, 6) is -0.221. The second-order valence-electron chi connectivity index (χ2n) is 3.77. The topological polar surface area (TPSA) is 56.7 Å². The van der Waals surface area contributed by atoms with Gasteiger partial charge in [0.15, 0.2) is 0 Å². The predicted octanol–water partition coefficient (Wildman–Crippen LogP) is 2.80. The highest BCUT2D eigenvalue weighted by Gasteiger charge is 2.13. The van der Waals surface area contributed by atoms with Crippen molar-refractivity contribution in [2.75, 3.05) is 5.73 Å². The molecule has 0 aliphatic rings. The molecule has 2 aromatic heterocycles. The third-order valence-electron chi connectivity index (χ3n) is 2.63. The van der Waals surface area contributed by atoms with Crippen molar-refractivity contribution in [3.05, 3.63) is 47.5 Å². The normalized spacial score (nSPS) is 11.0. The molecule has 6 heteroatoms. The van der Waals surface area contributed by atoms with Crippen LogP contribution in [0, 0.1) is 5.82 Å². The summed E-state index contributed by atoms with van der Waals surface area (Å²) in [7, 11) is 0. The minimum Gasteiger partial charge on any atom is -0.369 e. The number of aromatic nitrogens is 3. The minimum absolute atomic E-state index is 0.194. The summed E-state index contributed by atoms with van der Waals surface area (Å²) in [6, 6.07) is 6.01. The summed E-state index contributed by atoms with van der Waals surface area (Å²) < 4.78 is 15.4. The summed E-state index contributed by atoms with van der Waals surface area (Å²) in [4.78, 5) is 8.08. The van der Waals surface area contributed by atoms with E-state index in [1.807, 2.05) is 0 Å². The van der Waals surface area contributed by atoms with Crippen molar-refractivity contribution in [1.82, 2.24) is 14.5 Å². The Kier molecular flexibility index (Phi) is 2.41. The fourth-order valence-corrected chi connectivity index (χ4v) is 2.03. The molecule has 0 saturated heterocycles. The van der Waals surface area contributed by atoms with E-state index in [1.54, 1.807) is 18.5 Å². The summed E-state index contributed by atoms with van der Waals surface area (Å²) in [6.07, 6.45) is 3.17. The van der Waals surface area contributed by atoms with Crippen molar-refractivity contribution in [3.63, 3.8) is 0 Å². The number of nitrogen functional groups attached to an aromatic ring is 1. The third kappa shape index (κ3) is 1.60. The zero-order chi connectivity index (χ0) is 12.7. The van der Waals surface area contributed by atoms with Crippen LogP contribution in [0.15, 0.2) is 36.7 Å². The van der Waals surface area contributed by atoms with E-state index in [0.717, 1.165) is 0 Å². The van der Waals surface area contributed by atoms with Crippen molar-refractivity contribution in [3.8, 4) is 5.69 Å². The molecule has 0 fully saturated rings. The molecule has 2 heterocycles. The molecular weight excluding hydrogens is 255 g/mol. The lowest BCUT2D eigenvalue weighted by molar-refractivity contribution is 0.620. The largest absolute Gasteiger partial charge is 0.369 e. The van der Waals surface area contributed by atoms with Crippen molar-refractivity contribution < 1.29 is 4.39 Å². The number of nitrogens with two attached hydrogens (primary N) is 1. The number of hydrogen-bond acceptors (Lipinski definition) is 3. The average Bonchev–Trinajstić information content (AvgIpc) is 2.68. The molecule has 90 valence electrons. The van der Waals surface area contributed by atoms with Gasteiger partial charge in [0, 0.05) is 11.2 Å². The fraction of sp³-hybridized carbons (Fsp3) is 0. The molecule has 4 nitrogen and oxygen atoms in total. The highest BCUT2D eigenvalue weighted by molar-refractivity contribution is 6.30. The van der Waals surface area contributed by atoms with Crippen molar-refractivity contribution >= 4 is 28.6 Å². The lowest BCUT2D eigenvalue weighted by atomic mass is 10.3. The van der Waals surface area contributed by atoms with Crippen LogP contribution >= 0.6 is 11.6 Å². The molecule has 3 aromatic rings. The van der Waals surface area contributed by atoms with Crippen LogP contribution in [-0.2, 0) is 0 Å². The first-order chi connectivity index (χ1) is 8.66. The van der Waals surface area contributed by atoms with Crippen LogP contribution in [0.3, 0.4) is 0 Å². The van der Waals surface area contributed by atoms with E-state index < -0.39 is 5.82 Å². The van der Waals surface area contributed by atoms with Gasteiger partial charge >= 0.3 is 0 Å². The smallest absolute Gasteiger partial charge is 0.206 e. The van der Waals surface area contributed by atoms with E-state index in [-0.39, 0.29) is 11.6 Å². The number of hydrogen-bond donors (Lipinski definition) is 1. The van der Waals surface area contributed by atoms with Crippen LogP contribution in [0.4, 0.5) is 10.3 Å². The number of imidazole rings is 1. The Labute approximate surface area is 107 Å². The molecular formula is C12H8ClFN4. The van der Waals surface area contributed by atoms with Gasteiger partial charge in [-0.2, -0.15) is 0 Å². The van der Waals surface area contributed by atoms with Crippen molar-refractivity contribution in [1.29, 1.82) is 0 Å². The molecule has 0 aliphatic heterocycles. The van der Waals surface area contributed by atoms with Gasteiger partial charge in [0.2, 0.25) is 5.95 Å². The quantitative estimate of drug-likeness (QED) is 0.734. The van der Waals surface area contributed by atoms with E-state index in [4.69, 9.17) is 17.3 Å². The van der Waals surface area contributed by atoms with Crippen molar-refractivity contribution in [2.45, 2.75) is 0 Å². The zero-order valence-electron chi connectivity index (χ0n) is 9.14. The van der Waals surface area contributed by atoms with E-state index in [2.05, 4.69) is 9.97 Å². The molecule has 1 aromatic carbocycles. The van der Waals surface area contributed by atoms with Crippen LogP contribution < -0.4 is 5.73 Å². The predicted molar refractivity (Wildman–Crippen MR) is 68.2 cm³/mol. The number of nitrogens with zero attached hydrogens (tertiary/aromatic N) is 3. The Balaban J connectivity index is 2.37. The van der Waals surface area contributed by atoms with Crippen LogP contribution in [0.2, 0.25) is 5.02 Å². The molecule has 0 saturated carbocycles. The molecule has 0 atom stereocenters. The maximum atomic E-state index is 13.9. The molecule has 0 radical (unpaired) electrons. The fourth-order valence-electron chi connectivity index (χ4n) is 1.86. The summed E-state index contributed by atoms with van der Waals surface area (Å²) in [6.45, 7) is 0. The first kappa shape index (κ1) is 11.0. The summed E-state index contributed by atoms with van der Waals surface area (Å²) >= 11 is 5.88. The molecule has 0 bridgehead atoms. The Bertz CT molecular complexity index is 738. The van der Waals surface area contributed by atoms with E-state index in [9.17, 15) is 4.39 Å². The third-order valence-corrected chi connectivity index (χ3v) is 2.87. The van der Waals surface area contributed by atoms with Crippen LogP contribution in [0.25, 0.3) is 16.7 Å². The maximum absolute atomic E-state index is 13.9. The Morgan fingerprint density at radius 2 is 2.11 bits per heavy atom. The number of benzene rings is 1. The van der Waals surface area contributed by atoms with Gasteiger partial charge in [0.1, 0.15) is 11.3 Å². The average molecular weight is 263 g/mol. The molecule has 0 aliphatic carbocycles. The van der Waals surface area contributed by atoms with E-state index in [1.165, 1.54) is 22.8 Å². The first-order valence-corrected chi connectivity index (χ1v) is 5.58. The van der Waals surface area contributed by atoms with Gasteiger partial charge in [0.25, 0.3) is 0 Å².